The highest BCUT2D eigenvalue weighted by Crippen LogP contribution is 2.15. The molecule has 0 atom stereocenters. The normalized spacial score (nSPS) is 10.2. The van der Waals surface area contributed by atoms with Crippen molar-refractivity contribution in [3.63, 3.8) is 0 Å². The number of benzene rings is 2. The van der Waals surface area contributed by atoms with Crippen molar-refractivity contribution in [1.82, 2.24) is 15.3 Å². The van der Waals surface area contributed by atoms with Crippen molar-refractivity contribution < 1.29 is 14.3 Å². The van der Waals surface area contributed by atoms with Crippen molar-refractivity contribution in [3.8, 4) is 0 Å². The Balaban J connectivity index is 1.60. The molecule has 0 bridgehead atoms. The van der Waals surface area contributed by atoms with E-state index in [4.69, 9.17) is 16.3 Å². The second-order valence-electron chi connectivity index (χ2n) is 5.80. The second kappa shape index (κ2) is 8.96. The number of hydrogen-bond acceptors (Lipinski definition) is 6. The van der Waals surface area contributed by atoms with Gasteiger partial charge in [-0.05, 0) is 35.9 Å². The van der Waals surface area contributed by atoms with Crippen LogP contribution in [0.5, 0.6) is 0 Å². The lowest BCUT2D eigenvalue weighted by Gasteiger charge is -2.08. The number of anilines is 2. The van der Waals surface area contributed by atoms with Crippen LogP contribution in [0.15, 0.2) is 60.9 Å². The predicted octanol–water partition coefficient (Wildman–Crippen LogP) is 3.59. The van der Waals surface area contributed by atoms with Gasteiger partial charge in [-0.25, -0.2) is 14.8 Å². The van der Waals surface area contributed by atoms with Gasteiger partial charge in [0.2, 0.25) is 5.95 Å². The summed E-state index contributed by atoms with van der Waals surface area (Å²) in [5.74, 6) is -0.414. The van der Waals surface area contributed by atoms with Gasteiger partial charge in [0.05, 0.1) is 18.2 Å². The lowest BCUT2D eigenvalue weighted by atomic mass is 10.2. The Morgan fingerprint density at radius 3 is 2.43 bits per heavy atom. The molecule has 0 saturated carbocycles. The van der Waals surface area contributed by atoms with Crippen LogP contribution < -0.4 is 10.6 Å². The first kappa shape index (κ1) is 19.3. The molecule has 0 aliphatic rings. The number of aromatic nitrogens is 2. The van der Waals surface area contributed by atoms with Crippen molar-refractivity contribution in [2.24, 2.45) is 0 Å². The van der Waals surface area contributed by atoms with Crippen molar-refractivity contribution in [2.45, 2.75) is 6.54 Å². The topological polar surface area (TPSA) is 93.2 Å². The fourth-order valence-corrected chi connectivity index (χ4v) is 2.49. The minimum Gasteiger partial charge on any atom is -0.465 e. The highest BCUT2D eigenvalue weighted by Gasteiger charge is 2.09. The summed E-state index contributed by atoms with van der Waals surface area (Å²) in [7, 11) is 1.32. The van der Waals surface area contributed by atoms with Crippen LogP contribution >= 0.6 is 11.6 Å². The monoisotopic (exact) mass is 396 g/mol. The quantitative estimate of drug-likeness (QED) is 0.618. The van der Waals surface area contributed by atoms with E-state index in [2.05, 4.69) is 20.6 Å². The van der Waals surface area contributed by atoms with Gasteiger partial charge in [-0.15, -0.1) is 0 Å². The van der Waals surface area contributed by atoms with Crippen LogP contribution in [0, 0.1) is 0 Å². The molecule has 8 heteroatoms. The van der Waals surface area contributed by atoms with Gasteiger partial charge in [0.1, 0.15) is 0 Å². The third-order valence-corrected chi connectivity index (χ3v) is 4.07. The van der Waals surface area contributed by atoms with Gasteiger partial charge in [0, 0.05) is 29.6 Å². The van der Waals surface area contributed by atoms with E-state index in [1.54, 1.807) is 36.4 Å². The number of rotatable bonds is 6. The first-order chi connectivity index (χ1) is 13.5. The SMILES string of the molecule is COC(=O)c1cccc(Nc2ncc(C(=O)NCc3ccc(Cl)cc3)cn2)c1. The van der Waals surface area contributed by atoms with Crippen LogP contribution in [-0.2, 0) is 11.3 Å². The first-order valence-corrected chi connectivity index (χ1v) is 8.73. The molecule has 0 aliphatic heterocycles. The average molecular weight is 397 g/mol. The summed E-state index contributed by atoms with van der Waals surface area (Å²) in [6.45, 7) is 0.371. The number of hydrogen-bond donors (Lipinski definition) is 2. The van der Waals surface area contributed by atoms with Gasteiger partial charge in [-0.1, -0.05) is 29.8 Å². The summed E-state index contributed by atoms with van der Waals surface area (Å²) in [5.41, 5.74) is 2.30. The smallest absolute Gasteiger partial charge is 0.337 e. The summed E-state index contributed by atoms with van der Waals surface area (Å²) < 4.78 is 4.70. The average Bonchev–Trinajstić information content (AvgIpc) is 2.73. The Labute approximate surface area is 166 Å². The summed E-state index contributed by atoms with van der Waals surface area (Å²) in [6, 6.07) is 14.0. The van der Waals surface area contributed by atoms with E-state index in [-0.39, 0.29) is 5.91 Å². The predicted molar refractivity (Wildman–Crippen MR) is 106 cm³/mol. The molecule has 3 rings (SSSR count). The Morgan fingerprint density at radius 2 is 1.75 bits per heavy atom. The molecular weight excluding hydrogens is 380 g/mol. The molecule has 7 nitrogen and oxygen atoms in total. The molecule has 0 radical (unpaired) electrons. The Kier molecular flexibility index (Phi) is 6.18. The molecule has 1 heterocycles. The molecule has 2 N–H and O–H groups in total. The molecular formula is C20H17ClN4O3. The van der Waals surface area contributed by atoms with Crippen LogP contribution in [0.2, 0.25) is 5.02 Å². The van der Waals surface area contributed by atoms with Crippen LogP contribution in [0.25, 0.3) is 0 Å². The molecule has 142 valence electrons. The summed E-state index contributed by atoms with van der Waals surface area (Å²) >= 11 is 5.84. The zero-order valence-electron chi connectivity index (χ0n) is 15.0. The molecule has 0 fully saturated rings. The number of methoxy groups -OCH3 is 1. The molecule has 1 aromatic heterocycles. The molecule has 1 amide bonds. The lowest BCUT2D eigenvalue weighted by molar-refractivity contribution is 0.0600. The first-order valence-electron chi connectivity index (χ1n) is 8.35. The van der Waals surface area contributed by atoms with Gasteiger partial charge < -0.3 is 15.4 Å². The van der Waals surface area contributed by atoms with Crippen LogP contribution in [-0.4, -0.2) is 29.0 Å². The Morgan fingerprint density at radius 1 is 1.04 bits per heavy atom. The molecule has 0 aliphatic carbocycles. The largest absolute Gasteiger partial charge is 0.465 e. The molecule has 28 heavy (non-hydrogen) atoms. The number of halogens is 1. The van der Waals surface area contributed by atoms with Gasteiger partial charge in [-0.3, -0.25) is 4.79 Å². The molecule has 3 aromatic rings. The van der Waals surface area contributed by atoms with E-state index in [1.165, 1.54) is 19.5 Å². The second-order valence-corrected chi connectivity index (χ2v) is 6.24. The number of ether oxygens (including phenoxy) is 1. The van der Waals surface area contributed by atoms with Crippen molar-refractivity contribution in [1.29, 1.82) is 0 Å². The standard InChI is InChI=1S/C20H17ClN4O3/c1-28-19(27)14-3-2-4-17(9-14)25-20-23-11-15(12-24-20)18(26)22-10-13-5-7-16(21)8-6-13/h2-9,11-12H,10H2,1H3,(H,22,26)(H,23,24,25). The fraction of sp³-hybridized carbons (Fsp3) is 0.100. The number of amides is 1. The Bertz CT molecular complexity index is 976. The molecule has 0 spiro atoms. The number of carbonyl (C=O) groups is 2. The fourth-order valence-electron chi connectivity index (χ4n) is 2.37. The van der Waals surface area contributed by atoms with Crippen molar-refractivity contribution in [3.05, 3.63) is 82.6 Å². The van der Waals surface area contributed by atoms with Crippen LogP contribution in [0.3, 0.4) is 0 Å². The molecule has 2 aromatic carbocycles. The minimum absolute atomic E-state index is 0.283. The van der Waals surface area contributed by atoms with E-state index in [9.17, 15) is 9.59 Å². The Hall–Kier alpha value is -3.45. The maximum atomic E-state index is 12.2. The molecule has 0 saturated heterocycles. The number of nitrogens with one attached hydrogen (secondary N) is 2. The maximum absolute atomic E-state index is 12.2. The minimum atomic E-state index is -0.433. The third kappa shape index (κ3) is 5.05. The maximum Gasteiger partial charge on any atom is 0.337 e. The van der Waals surface area contributed by atoms with E-state index in [0.717, 1.165) is 5.56 Å². The zero-order chi connectivity index (χ0) is 19.9. The van der Waals surface area contributed by atoms with Crippen molar-refractivity contribution in [2.75, 3.05) is 12.4 Å². The van der Waals surface area contributed by atoms with Gasteiger partial charge in [0.25, 0.3) is 5.91 Å². The number of carbonyl (C=O) groups excluding carboxylic acids is 2. The van der Waals surface area contributed by atoms with Crippen LogP contribution in [0.4, 0.5) is 11.6 Å². The van der Waals surface area contributed by atoms with E-state index >= 15 is 0 Å². The summed E-state index contributed by atoms with van der Waals surface area (Å²) in [4.78, 5) is 32.1. The van der Waals surface area contributed by atoms with Crippen LogP contribution in [0.1, 0.15) is 26.3 Å². The third-order valence-electron chi connectivity index (χ3n) is 3.82. The van der Waals surface area contributed by atoms with Gasteiger partial charge >= 0.3 is 5.97 Å². The number of nitrogens with zero attached hydrogens (tertiary/aromatic N) is 2. The van der Waals surface area contributed by atoms with Gasteiger partial charge in [0.15, 0.2) is 0 Å². The zero-order valence-corrected chi connectivity index (χ0v) is 15.7. The highest BCUT2D eigenvalue weighted by molar-refractivity contribution is 6.30. The van der Waals surface area contributed by atoms with E-state index in [1.807, 2.05) is 12.1 Å². The lowest BCUT2D eigenvalue weighted by Crippen LogP contribution is -2.23. The summed E-state index contributed by atoms with van der Waals surface area (Å²) in [5, 5.41) is 6.42. The number of esters is 1. The van der Waals surface area contributed by atoms with Gasteiger partial charge in [-0.2, -0.15) is 0 Å². The van der Waals surface area contributed by atoms with E-state index < -0.39 is 5.97 Å². The molecule has 0 unspecified atom stereocenters. The van der Waals surface area contributed by atoms with E-state index in [0.29, 0.717) is 34.3 Å². The summed E-state index contributed by atoms with van der Waals surface area (Å²) in [6.07, 6.45) is 2.85. The highest BCUT2D eigenvalue weighted by atomic mass is 35.5. The van der Waals surface area contributed by atoms with Crippen molar-refractivity contribution >= 4 is 35.1 Å².